The van der Waals surface area contributed by atoms with Crippen molar-refractivity contribution in [3.8, 4) is 17.2 Å². The van der Waals surface area contributed by atoms with E-state index < -0.39 is 0 Å². The number of nitrogens with one attached hydrogen (secondary N) is 1. The van der Waals surface area contributed by atoms with Crippen molar-refractivity contribution in [2.75, 3.05) is 38.3 Å². The molecule has 0 radical (unpaired) electrons. The summed E-state index contributed by atoms with van der Waals surface area (Å²) in [5, 5.41) is 3.20. The van der Waals surface area contributed by atoms with Gasteiger partial charge in [-0.05, 0) is 42.5 Å². The molecule has 1 aliphatic heterocycles. The van der Waals surface area contributed by atoms with Crippen LogP contribution in [0.25, 0.3) is 0 Å². The highest BCUT2D eigenvalue weighted by Crippen LogP contribution is 2.34. The smallest absolute Gasteiger partial charge is 0.265 e. The first-order valence-electron chi connectivity index (χ1n) is 8.33. The zero-order valence-corrected chi connectivity index (χ0v) is 15.5. The third-order valence-corrected chi connectivity index (χ3v) is 4.15. The third kappa shape index (κ3) is 4.83. The number of methoxy groups -OCH3 is 1. The van der Waals surface area contributed by atoms with Gasteiger partial charge in [0.2, 0.25) is 5.91 Å². The minimum atomic E-state index is -0.297. The van der Waals surface area contributed by atoms with E-state index in [2.05, 4.69) is 5.32 Å². The number of rotatable bonds is 7. The minimum absolute atomic E-state index is 0.109. The number of carbonyl (C=O) groups excluding carboxylic acids is 2. The van der Waals surface area contributed by atoms with Crippen LogP contribution in [0.5, 0.6) is 17.2 Å². The van der Waals surface area contributed by atoms with E-state index in [1.165, 1.54) is 4.90 Å². The van der Waals surface area contributed by atoms with Gasteiger partial charge in [0, 0.05) is 5.02 Å². The summed E-state index contributed by atoms with van der Waals surface area (Å²) in [5.41, 5.74) is 0.489. The molecular weight excluding hydrogens is 372 g/mol. The highest BCUT2D eigenvalue weighted by Gasteiger charge is 2.27. The average Bonchev–Trinajstić information content (AvgIpc) is 2.68. The Morgan fingerprint density at radius 1 is 1.22 bits per heavy atom. The van der Waals surface area contributed by atoms with Crippen LogP contribution in [-0.2, 0) is 9.59 Å². The van der Waals surface area contributed by atoms with Gasteiger partial charge in [0.15, 0.2) is 6.61 Å². The molecule has 1 heterocycles. The average molecular weight is 391 g/mol. The Hall–Kier alpha value is -2.93. The van der Waals surface area contributed by atoms with Crippen LogP contribution in [0.15, 0.2) is 42.5 Å². The van der Waals surface area contributed by atoms with Gasteiger partial charge in [0.05, 0.1) is 19.3 Å². The van der Waals surface area contributed by atoms with E-state index in [1.807, 2.05) is 0 Å². The van der Waals surface area contributed by atoms with Crippen LogP contribution in [0.4, 0.5) is 5.69 Å². The molecular formula is C19H19ClN2O5. The van der Waals surface area contributed by atoms with E-state index >= 15 is 0 Å². The fourth-order valence-electron chi connectivity index (χ4n) is 2.58. The highest BCUT2D eigenvalue weighted by molar-refractivity contribution is 6.31. The van der Waals surface area contributed by atoms with Gasteiger partial charge in [-0.1, -0.05) is 11.6 Å². The number of hydrogen-bond donors (Lipinski definition) is 1. The molecule has 27 heavy (non-hydrogen) atoms. The van der Waals surface area contributed by atoms with Gasteiger partial charge in [-0.25, -0.2) is 0 Å². The number of amides is 2. The van der Waals surface area contributed by atoms with E-state index in [0.29, 0.717) is 35.4 Å². The second-order valence-corrected chi connectivity index (χ2v) is 6.19. The van der Waals surface area contributed by atoms with Crippen LogP contribution < -0.4 is 24.4 Å². The van der Waals surface area contributed by atoms with Crippen molar-refractivity contribution in [3.63, 3.8) is 0 Å². The summed E-state index contributed by atoms with van der Waals surface area (Å²) < 4.78 is 16.0. The largest absolute Gasteiger partial charge is 0.497 e. The van der Waals surface area contributed by atoms with Gasteiger partial charge in [-0.2, -0.15) is 0 Å². The van der Waals surface area contributed by atoms with Crippen molar-refractivity contribution < 1.29 is 23.8 Å². The van der Waals surface area contributed by atoms with Crippen LogP contribution >= 0.6 is 11.6 Å². The molecule has 0 atom stereocenters. The van der Waals surface area contributed by atoms with E-state index in [4.69, 9.17) is 25.8 Å². The molecule has 0 aliphatic carbocycles. The number of ether oxygens (including phenoxy) is 3. The second kappa shape index (κ2) is 8.64. The summed E-state index contributed by atoms with van der Waals surface area (Å²) in [6.07, 6.45) is 0. The first-order valence-corrected chi connectivity index (χ1v) is 8.71. The Kier molecular flexibility index (Phi) is 6.03. The lowest BCUT2D eigenvalue weighted by Crippen LogP contribution is -2.45. The van der Waals surface area contributed by atoms with Crippen LogP contribution in [-0.4, -0.2) is 45.2 Å². The molecule has 2 aromatic carbocycles. The van der Waals surface area contributed by atoms with Crippen molar-refractivity contribution >= 4 is 29.1 Å². The molecule has 2 amide bonds. The first kappa shape index (κ1) is 18.8. The molecule has 2 aromatic rings. The van der Waals surface area contributed by atoms with Gasteiger partial charge in [0.1, 0.15) is 30.4 Å². The molecule has 8 heteroatoms. The number of benzene rings is 2. The second-order valence-electron chi connectivity index (χ2n) is 5.75. The van der Waals surface area contributed by atoms with Crippen LogP contribution in [0.2, 0.25) is 5.02 Å². The normalized spacial score (nSPS) is 12.8. The summed E-state index contributed by atoms with van der Waals surface area (Å²) in [6, 6.07) is 12.1. The predicted molar refractivity (Wildman–Crippen MR) is 101 cm³/mol. The molecule has 0 bridgehead atoms. The quantitative estimate of drug-likeness (QED) is 0.734. The van der Waals surface area contributed by atoms with Crippen molar-refractivity contribution in [3.05, 3.63) is 47.5 Å². The van der Waals surface area contributed by atoms with E-state index in [1.54, 1.807) is 49.6 Å². The fraction of sp³-hybridized carbons (Fsp3) is 0.263. The van der Waals surface area contributed by atoms with Crippen molar-refractivity contribution in [1.29, 1.82) is 0 Å². The van der Waals surface area contributed by atoms with E-state index in [0.717, 1.165) is 5.75 Å². The standard InChI is InChI=1S/C19H19ClN2O5/c1-25-14-3-5-15(6-4-14)26-9-8-21-18(23)11-22-16-10-13(20)2-7-17(16)27-12-19(22)24/h2-7,10H,8-9,11-12H2,1H3,(H,21,23). The molecule has 0 saturated heterocycles. The Labute approximate surface area is 161 Å². The summed E-state index contributed by atoms with van der Waals surface area (Å²) in [4.78, 5) is 25.7. The van der Waals surface area contributed by atoms with Gasteiger partial charge in [-0.3, -0.25) is 14.5 Å². The molecule has 7 nitrogen and oxygen atoms in total. The minimum Gasteiger partial charge on any atom is -0.497 e. The van der Waals surface area contributed by atoms with E-state index in [9.17, 15) is 9.59 Å². The number of nitrogens with zero attached hydrogens (tertiary/aromatic N) is 1. The fourth-order valence-corrected chi connectivity index (χ4v) is 2.75. The van der Waals surface area contributed by atoms with Gasteiger partial charge >= 0.3 is 0 Å². The number of fused-ring (bicyclic) bond motifs is 1. The van der Waals surface area contributed by atoms with Crippen molar-refractivity contribution in [2.24, 2.45) is 0 Å². The van der Waals surface area contributed by atoms with Gasteiger partial charge in [0.25, 0.3) is 5.91 Å². The molecule has 142 valence electrons. The van der Waals surface area contributed by atoms with Crippen molar-refractivity contribution in [2.45, 2.75) is 0 Å². The number of halogens is 1. The van der Waals surface area contributed by atoms with Crippen molar-refractivity contribution in [1.82, 2.24) is 5.32 Å². The molecule has 0 saturated carbocycles. The summed E-state index contributed by atoms with van der Waals surface area (Å²) in [5.74, 6) is 1.35. The number of anilines is 1. The molecule has 1 aliphatic rings. The Bertz CT molecular complexity index is 825. The molecule has 0 unspecified atom stereocenters. The highest BCUT2D eigenvalue weighted by atomic mass is 35.5. The lowest BCUT2D eigenvalue weighted by Gasteiger charge is -2.29. The summed E-state index contributed by atoms with van der Waals surface area (Å²) in [6.45, 7) is 0.393. The molecule has 1 N–H and O–H groups in total. The van der Waals surface area contributed by atoms with Crippen LogP contribution in [0, 0.1) is 0 Å². The monoisotopic (exact) mass is 390 g/mol. The summed E-state index contributed by atoms with van der Waals surface area (Å²) in [7, 11) is 1.59. The zero-order chi connectivity index (χ0) is 19.2. The maximum absolute atomic E-state index is 12.2. The first-order chi connectivity index (χ1) is 13.1. The van der Waals surface area contributed by atoms with Gasteiger partial charge in [-0.15, -0.1) is 0 Å². The number of hydrogen-bond acceptors (Lipinski definition) is 5. The maximum Gasteiger partial charge on any atom is 0.265 e. The van der Waals surface area contributed by atoms with Crippen LogP contribution in [0.1, 0.15) is 0 Å². The molecule has 3 rings (SSSR count). The SMILES string of the molecule is COc1ccc(OCCNC(=O)CN2C(=O)COc3ccc(Cl)cc32)cc1. The Morgan fingerprint density at radius 3 is 2.70 bits per heavy atom. The molecule has 0 spiro atoms. The number of carbonyl (C=O) groups is 2. The molecule has 0 fully saturated rings. The Balaban J connectivity index is 1.49. The van der Waals surface area contributed by atoms with Gasteiger partial charge < -0.3 is 19.5 Å². The third-order valence-electron chi connectivity index (χ3n) is 3.92. The maximum atomic E-state index is 12.2. The Morgan fingerprint density at radius 2 is 1.96 bits per heavy atom. The van der Waals surface area contributed by atoms with E-state index in [-0.39, 0.29) is 25.0 Å². The lowest BCUT2D eigenvalue weighted by molar-refractivity contribution is -0.125. The summed E-state index contributed by atoms with van der Waals surface area (Å²) >= 11 is 5.99. The predicted octanol–water partition coefficient (Wildman–Crippen LogP) is 2.27. The topological polar surface area (TPSA) is 77.1 Å². The lowest BCUT2D eigenvalue weighted by atomic mass is 10.2. The van der Waals surface area contributed by atoms with Crippen LogP contribution in [0.3, 0.4) is 0 Å². The molecule has 0 aromatic heterocycles. The zero-order valence-electron chi connectivity index (χ0n) is 14.7.